The number of nitrogens with zero attached hydrogens (tertiary/aromatic N) is 4. The van der Waals surface area contributed by atoms with E-state index >= 15 is 0 Å². The van der Waals surface area contributed by atoms with Crippen molar-refractivity contribution in [1.82, 2.24) is 9.80 Å². The summed E-state index contributed by atoms with van der Waals surface area (Å²) in [6.45, 7) is 9.65. The van der Waals surface area contributed by atoms with Gasteiger partial charge in [0.25, 0.3) is 0 Å². The highest BCUT2D eigenvalue weighted by Gasteiger charge is 2.29. The first-order chi connectivity index (χ1) is 17.7. The third-order valence-corrected chi connectivity index (χ3v) is 9.01. The summed E-state index contributed by atoms with van der Waals surface area (Å²) in [5.74, 6) is 0.123. The molecule has 2 aromatic carbocycles. The molecule has 4 aliphatic heterocycles. The van der Waals surface area contributed by atoms with Crippen LogP contribution in [0.4, 0.5) is 11.4 Å². The van der Waals surface area contributed by atoms with E-state index in [1.54, 1.807) is 0 Å². The number of ketones is 1. The largest absolute Gasteiger partial charge is 0.367 e. The van der Waals surface area contributed by atoms with Crippen molar-refractivity contribution in [2.45, 2.75) is 63.5 Å². The molecule has 0 N–H and O–H groups in total. The van der Waals surface area contributed by atoms with Crippen LogP contribution in [0.1, 0.15) is 67.3 Å². The third kappa shape index (κ3) is 5.19. The number of rotatable bonds is 8. The number of carbonyl (C=O) groups excluding carboxylic acids is 1. The van der Waals surface area contributed by atoms with Crippen LogP contribution >= 0.6 is 0 Å². The number of anilines is 2. The second-order valence-electron chi connectivity index (χ2n) is 11.4. The average molecular weight is 487 g/mol. The molecule has 5 nitrogen and oxygen atoms in total. The summed E-state index contributed by atoms with van der Waals surface area (Å²) in [6.07, 6.45) is 10.5. The van der Waals surface area contributed by atoms with E-state index in [0.29, 0.717) is 12.1 Å². The SMILES string of the molecule is O=C(c1ccc(N2CCC[C@H]2CN2CCCC2)cc1)c1ccc(N2CCC[C@H]2CN2CCCC2)cc1. The van der Waals surface area contributed by atoms with Crippen LogP contribution in [-0.4, -0.2) is 80.0 Å². The Morgan fingerprint density at radius 1 is 0.556 bits per heavy atom. The molecule has 0 bridgehead atoms. The molecule has 36 heavy (non-hydrogen) atoms. The van der Waals surface area contributed by atoms with Crippen LogP contribution in [0.3, 0.4) is 0 Å². The zero-order valence-electron chi connectivity index (χ0n) is 21.8. The summed E-state index contributed by atoms with van der Waals surface area (Å²) in [7, 11) is 0. The topological polar surface area (TPSA) is 30.0 Å². The Morgan fingerprint density at radius 2 is 0.944 bits per heavy atom. The van der Waals surface area contributed by atoms with Crippen molar-refractivity contribution in [3.8, 4) is 0 Å². The van der Waals surface area contributed by atoms with Crippen LogP contribution in [0.25, 0.3) is 0 Å². The molecule has 6 rings (SSSR count). The van der Waals surface area contributed by atoms with Gasteiger partial charge in [-0.25, -0.2) is 0 Å². The molecule has 0 aliphatic carbocycles. The molecule has 0 amide bonds. The van der Waals surface area contributed by atoms with Crippen molar-refractivity contribution in [1.29, 1.82) is 0 Å². The van der Waals surface area contributed by atoms with E-state index in [9.17, 15) is 4.79 Å². The van der Waals surface area contributed by atoms with Crippen molar-refractivity contribution in [2.24, 2.45) is 0 Å². The standard InChI is InChI=1S/C31H42N4O/c36-31(25-9-13-27(14-10-25)34-21-5-7-29(34)23-32-17-1-2-18-32)26-11-15-28(16-12-26)35-22-6-8-30(35)24-33-19-3-4-20-33/h9-16,29-30H,1-8,17-24H2/t29-,30-/m0/s1. The number of benzene rings is 2. The summed E-state index contributed by atoms with van der Waals surface area (Å²) < 4.78 is 0. The minimum absolute atomic E-state index is 0.123. The Balaban J connectivity index is 1.09. The first-order valence-electron chi connectivity index (χ1n) is 14.5. The second-order valence-corrected chi connectivity index (χ2v) is 11.4. The molecule has 0 spiro atoms. The quantitative estimate of drug-likeness (QED) is 0.488. The lowest BCUT2D eigenvalue weighted by Crippen LogP contribution is -2.39. The Hall–Kier alpha value is -2.37. The van der Waals surface area contributed by atoms with Gasteiger partial charge in [0.2, 0.25) is 0 Å². The van der Waals surface area contributed by atoms with E-state index in [1.807, 2.05) is 24.3 Å². The van der Waals surface area contributed by atoms with Gasteiger partial charge in [-0.3, -0.25) is 4.79 Å². The lowest BCUT2D eigenvalue weighted by Gasteiger charge is -2.30. The van der Waals surface area contributed by atoms with Crippen molar-refractivity contribution < 1.29 is 4.79 Å². The summed E-state index contributed by atoms with van der Waals surface area (Å²) in [5, 5.41) is 0. The number of hydrogen-bond donors (Lipinski definition) is 0. The normalized spacial score (nSPS) is 25.3. The Morgan fingerprint density at radius 3 is 1.33 bits per heavy atom. The van der Waals surface area contributed by atoms with E-state index in [0.717, 1.165) is 24.2 Å². The van der Waals surface area contributed by atoms with Crippen LogP contribution in [-0.2, 0) is 0 Å². The summed E-state index contributed by atoms with van der Waals surface area (Å²) in [5.41, 5.74) is 4.10. The monoisotopic (exact) mass is 486 g/mol. The van der Waals surface area contributed by atoms with Gasteiger partial charge < -0.3 is 19.6 Å². The second kappa shape index (κ2) is 10.9. The van der Waals surface area contributed by atoms with Gasteiger partial charge in [0, 0.05) is 60.8 Å². The molecule has 4 fully saturated rings. The van der Waals surface area contributed by atoms with E-state index < -0.39 is 0 Å². The molecule has 2 aromatic rings. The smallest absolute Gasteiger partial charge is 0.193 e. The van der Waals surface area contributed by atoms with Crippen molar-refractivity contribution in [2.75, 3.05) is 62.2 Å². The molecule has 0 unspecified atom stereocenters. The molecule has 5 heteroatoms. The highest BCUT2D eigenvalue weighted by Crippen LogP contribution is 2.29. The van der Waals surface area contributed by atoms with E-state index in [2.05, 4.69) is 43.9 Å². The number of hydrogen-bond acceptors (Lipinski definition) is 5. The van der Waals surface area contributed by atoms with Gasteiger partial charge in [-0.15, -0.1) is 0 Å². The molecule has 4 heterocycles. The van der Waals surface area contributed by atoms with Crippen LogP contribution in [0.15, 0.2) is 48.5 Å². The summed E-state index contributed by atoms with van der Waals surface area (Å²) >= 11 is 0. The maximum absolute atomic E-state index is 13.3. The minimum Gasteiger partial charge on any atom is -0.367 e. The van der Waals surface area contributed by atoms with Gasteiger partial charge in [-0.05, 0) is 126 Å². The van der Waals surface area contributed by atoms with Crippen LogP contribution in [0.5, 0.6) is 0 Å². The van der Waals surface area contributed by atoms with Crippen molar-refractivity contribution in [3.05, 3.63) is 59.7 Å². The van der Waals surface area contributed by atoms with Gasteiger partial charge in [0.15, 0.2) is 5.78 Å². The van der Waals surface area contributed by atoms with Gasteiger partial charge in [-0.1, -0.05) is 0 Å². The molecule has 2 atom stereocenters. The van der Waals surface area contributed by atoms with E-state index in [-0.39, 0.29) is 5.78 Å². The van der Waals surface area contributed by atoms with E-state index in [1.165, 1.54) is 102 Å². The molecular weight excluding hydrogens is 444 g/mol. The van der Waals surface area contributed by atoms with E-state index in [4.69, 9.17) is 0 Å². The Bertz CT molecular complexity index is 926. The average Bonchev–Trinajstić information content (AvgIpc) is 3.73. The fourth-order valence-electron chi connectivity index (χ4n) is 7.03. The predicted octanol–water partition coefficient (Wildman–Crippen LogP) is 5.05. The van der Waals surface area contributed by atoms with Gasteiger partial charge in [0.1, 0.15) is 0 Å². The number of carbonyl (C=O) groups is 1. The lowest BCUT2D eigenvalue weighted by atomic mass is 10.0. The fourth-order valence-corrected chi connectivity index (χ4v) is 7.03. The maximum Gasteiger partial charge on any atom is 0.193 e. The highest BCUT2D eigenvalue weighted by molar-refractivity contribution is 6.09. The molecule has 0 saturated carbocycles. The fraction of sp³-hybridized carbons (Fsp3) is 0.581. The molecule has 0 aromatic heterocycles. The highest BCUT2D eigenvalue weighted by atomic mass is 16.1. The first-order valence-corrected chi connectivity index (χ1v) is 14.5. The summed E-state index contributed by atoms with van der Waals surface area (Å²) in [6, 6.07) is 18.0. The minimum atomic E-state index is 0.123. The maximum atomic E-state index is 13.3. The van der Waals surface area contributed by atoms with Crippen molar-refractivity contribution in [3.63, 3.8) is 0 Å². The Kier molecular flexibility index (Phi) is 7.29. The van der Waals surface area contributed by atoms with Crippen LogP contribution < -0.4 is 9.80 Å². The molecule has 0 radical (unpaired) electrons. The molecule has 4 aliphatic rings. The summed E-state index contributed by atoms with van der Waals surface area (Å²) in [4.78, 5) is 23.6. The zero-order valence-corrected chi connectivity index (χ0v) is 21.8. The third-order valence-electron chi connectivity index (χ3n) is 9.01. The predicted molar refractivity (Wildman–Crippen MR) is 148 cm³/mol. The molecule has 192 valence electrons. The van der Waals surface area contributed by atoms with Crippen molar-refractivity contribution >= 4 is 17.2 Å². The lowest BCUT2D eigenvalue weighted by molar-refractivity contribution is 0.103. The molecular formula is C31H42N4O. The zero-order chi connectivity index (χ0) is 24.3. The van der Waals surface area contributed by atoms with Gasteiger partial charge in [-0.2, -0.15) is 0 Å². The number of likely N-dealkylation sites (tertiary alicyclic amines) is 2. The van der Waals surface area contributed by atoms with Crippen LogP contribution in [0.2, 0.25) is 0 Å². The van der Waals surface area contributed by atoms with Gasteiger partial charge in [0.05, 0.1) is 0 Å². The first kappa shape index (κ1) is 24.0. The Labute approximate surface area is 217 Å². The van der Waals surface area contributed by atoms with Gasteiger partial charge >= 0.3 is 0 Å². The van der Waals surface area contributed by atoms with Crippen LogP contribution in [0, 0.1) is 0 Å². The molecule has 4 saturated heterocycles.